The number of carboxylic acid groups (broad SMARTS) is 1. The Labute approximate surface area is 113 Å². The van der Waals surface area contributed by atoms with Gasteiger partial charge in [0.15, 0.2) is 5.82 Å². The van der Waals surface area contributed by atoms with Gasteiger partial charge < -0.3 is 5.11 Å². The monoisotopic (exact) mass is 267 g/mol. The van der Waals surface area contributed by atoms with Gasteiger partial charge >= 0.3 is 5.97 Å². The van der Waals surface area contributed by atoms with Gasteiger partial charge in [0.1, 0.15) is 11.4 Å². The number of ketones is 1. The van der Waals surface area contributed by atoms with E-state index in [0.29, 0.717) is 17.0 Å². The van der Waals surface area contributed by atoms with Crippen molar-refractivity contribution >= 4 is 17.3 Å². The number of hydrogen-bond acceptors (Lipinski definition) is 4. The van der Waals surface area contributed by atoms with Gasteiger partial charge in [-0.2, -0.15) is 0 Å². The third-order valence-electron chi connectivity index (χ3n) is 2.85. The summed E-state index contributed by atoms with van der Waals surface area (Å²) in [5.41, 5.74) is 0.928. The van der Waals surface area contributed by atoms with E-state index in [1.807, 2.05) is 0 Å². The van der Waals surface area contributed by atoms with Crippen LogP contribution in [0.4, 0.5) is 0 Å². The summed E-state index contributed by atoms with van der Waals surface area (Å²) in [7, 11) is 0. The van der Waals surface area contributed by atoms with Crippen molar-refractivity contribution in [3.05, 3.63) is 54.5 Å². The number of aliphatic carboxylic acids is 1. The lowest BCUT2D eigenvalue weighted by Crippen LogP contribution is -2.13. The molecule has 3 heterocycles. The van der Waals surface area contributed by atoms with Gasteiger partial charge in [-0.05, 0) is 24.3 Å². The van der Waals surface area contributed by atoms with Crippen LogP contribution in [0.3, 0.4) is 0 Å². The number of nitrogens with zero attached hydrogens (tertiary/aromatic N) is 3. The number of rotatable bonds is 3. The Bertz CT molecular complexity index is 809. The predicted molar refractivity (Wildman–Crippen MR) is 70.4 cm³/mol. The summed E-state index contributed by atoms with van der Waals surface area (Å²) >= 11 is 0. The van der Waals surface area contributed by atoms with Crippen LogP contribution in [0.15, 0.2) is 48.8 Å². The van der Waals surface area contributed by atoms with E-state index in [1.54, 1.807) is 53.2 Å². The van der Waals surface area contributed by atoms with Crippen LogP contribution in [-0.2, 0) is 4.79 Å². The highest BCUT2D eigenvalue weighted by atomic mass is 16.4. The van der Waals surface area contributed by atoms with Crippen LogP contribution in [-0.4, -0.2) is 31.2 Å². The highest BCUT2D eigenvalue weighted by Crippen LogP contribution is 2.21. The predicted octanol–water partition coefficient (Wildman–Crippen LogP) is 1.66. The first-order valence-electron chi connectivity index (χ1n) is 5.84. The number of carbonyl (C=O) groups excluding carboxylic acids is 1. The summed E-state index contributed by atoms with van der Waals surface area (Å²) < 4.78 is 1.65. The van der Waals surface area contributed by atoms with Crippen molar-refractivity contribution in [1.29, 1.82) is 0 Å². The van der Waals surface area contributed by atoms with Crippen molar-refractivity contribution in [3.63, 3.8) is 0 Å². The summed E-state index contributed by atoms with van der Waals surface area (Å²) in [6.07, 6.45) is 3.32. The zero-order valence-corrected chi connectivity index (χ0v) is 10.2. The Morgan fingerprint density at radius 2 is 1.90 bits per heavy atom. The molecule has 0 fully saturated rings. The molecule has 0 aliphatic rings. The Morgan fingerprint density at radius 3 is 2.60 bits per heavy atom. The molecule has 0 saturated heterocycles. The van der Waals surface area contributed by atoms with Crippen LogP contribution in [0, 0.1) is 0 Å². The molecule has 0 spiro atoms. The summed E-state index contributed by atoms with van der Waals surface area (Å²) in [6, 6.07) is 10.5. The maximum atomic E-state index is 11.7. The number of hydrogen-bond donors (Lipinski definition) is 1. The Balaban J connectivity index is 2.30. The number of aromatic nitrogens is 3. The molecule has 0 bridgehead atoms. The summed E-state index contributed by atoms with van der Waals surface area (Å²) in [4.78, 5) is 30.9. The molecule has 3 aromatic rings. The van der Waals surface area contributed by atoms with Crippen molar-refractivity contribution in [2.75, 3.05) is 0 Å². The molecule has 0 amide bonds. The summed E-state index contributed by atoms with van der Waals surface area (Å²) in [6.45, 7) is 0. The van der Waals surface area contributed by atoms with Crippen molar-refractivity contribution in [2.24, 2.45) is 0 Å². The number of carbonyl (C=O) groups is 2. The molecule has 20 heavy (non-hydrogen) atoms. The van der Waals surface area contributed by atoms with Crippen LogP contribution in [0.2, 0.25) is 0 Å². The molecule has 6 heteroatoms. The molecule has 0 aromatic carbocycles. The fraction of sp³-hybridized carbons (Fsp3) is 0. The first-order valence-corrected chi connectivity index (χ1v) is 5.84. The second-order valence-electron chi connectivity index (χ2n) is 4.09. The maximum absolute atomic E-state index is 11.7. The minimum absolute atomic E-state index is 0.0845. The lowest BCUT2D eigenvalue weighted by molar-refractivity contribution is -0.131. The Kier molecular flexibility index (Phi) is 2.76. The van der Waals surface area contributed by atoms with Crippen LogP contribution >= 0.6 is 0 Å². The standard InChI is InChI=1S/C14H9N3O3/c18-12(14(19)20)11-10-6-2-4-8-17(10)13(16-11)9-5-1-3-7-15-9/h1-8H,(H,19,20). The molecule has 0 radical (unpaired) electrons. The molecule has 3 rings (SSSR count). The van der Waals surface area contributed by atoms with E-state index in [9.17, 15) is 9.59 Å². The van der Waals surface area contributed by atoms with Gasteiger partial charge in [-0.25, -0.2) is 9.78 Å². The number of pyridine rings is 2. The topological polar surface area (TPSA) is 84.6 Å². The highest BCUT2D eigenvalue weighted by molar-refractivity contribution is 6.40. The van der Waals surface area contributed by atoms with E-state index in [4.69, 9.17) is 5.11 Å². The van der Waals surface area contributed by atoms with Crippen molar-refractivity contribution in [3.8, 4) is 11.5 Å². The number of imidazole rings is 1. The van der Waals surface area contributed by atoms with Gasteiger partial charge in [-0.3, -0.25) is 14.2 Å². The van der Waals surface area contributed by atoms with Crippen molar-refractivity contribution in [1.82, 2.24) is 14.4 Å². The number of carboxylic acids is 1. The maximum Gasteiger partial charge on any atom is 0.379 e. The van der Waals surface area contributed by atoms with Crippen LogP contribution in [0.1, 0.15) is 10.5 Å². The molecule has 98 valence electrons. The molecule has 0 aliphatic heterocycles. The highest BCUT2D eigenvalue weighted by Gasteiger charge is 2.23. The molecule has 0 saturated carbocycles. The van der Waals surface area contributed by atoms with Crippen LogP contribution in [0.25, 0.3) is 17.0 Å². The van der Waals surface area contributed by atoms with Crippen molar-refractivity contribution < 1.29 is 14.7 Å². The molecule has 6 nitrogen and oxygen atoms in total. The molecule has 0 aliphatic carbocycles. The second kappa shape index (κ2) is 4.58. The summed E-state index contributed by atoms with van der Waals surface area (Å²) in [5, 5.41) is 8.86. The SMILES string of the molecule is O=C(O)C(=O)c1nc(-c2ccccn2)n2ccccc12. The first kappa shape index (κ1) is 12.0. The van der Waals surface area contributed by atoms with E-state index in [1.165, 1.54) is 0 Å². The van der Waals surface area contributed by atoms with Gasteiger partial charge in [0.25, 0.3) is 5.78 Å². The summed E-state index contributed by atoms with van der Waals surface area (Å²) in [5.74, 6) is -2.12. The fourth-order valence-electron chi connectivity index (χ4n) is 1.98. The number of fused-ring (bicyclic) bond motifs is 1. The second-order valence-corrected chi connectivity index (χ2v) is 4.09. The Morgan fingerprint density at radius 1 is 1.10 bits per heavy atom. The zero-order chi connectivity index (χ0) is 14.1. The third kappa shape index (κ3) is 1.83. The smallest absolute Gasteiger partial charge is 0.379 e. The molecular weight excluding hydrogens is 258 g/mol. The molecule has 0 unspecified atom stereocenters. The zero-order valence-electron chi connectivity index (χ0n) is 10.2. The largest absolute Gasteiger partial charge is 0.475 e. The lowest BCUT2D eigenvalue weighted by atomic mass is 10.2. The normalized spacial score (nSPS) is 10.6. The van der Waals surface area contributed by atoms with E-state index in [2.05, 4.69) is 9.97 Å². The van der Waals surface area contributed by atoms with Gasteiger partial charge in [-0.15, -0.1) is 0 Å². The first-order chi connectivity index (χ1) is 9.68. The minimum atomic E-state index is -1.53. The van der Waals surface area contributed by atoms with E-state index in [-0.39, 0.29) is 5.69 Å². The average molecular weight is 267 g/mol. The Hall–Kier alpha value is -3.02. The van der Waals surface area contributed by atoms with E-state index in [0.717, 1.165) is 0 Å². The molecule has 0 atom stereocenters. The quantitative estimate of drug-likeness (QED) is 0.576. The molecule has 1 N–H and O–H groups in total. The van der Waals surface area contributed by atoms with Gasteiger partial charge in [-0.1, -0.05) is 12.1 Å². The van der Waals surface area contributed by atoms with Gasteiger partial charge in [0, 0.05) is 12.4 Å². The molecule has 3 aromatic heterocycles. The van der Waals surface area contributed by atoms with Crippen molar-refractivity contribution in [2.45, 2.75) is 0 Å². The van der Waals surface area contributed by atoms with E-state index < -0.39 is 11.8 Å². The third-order valence-corrected chi connectivity index (χ3v) is 2.85. The van der Waals surface area contributed by atoms with Crippen LogP contribution < -0.4 is 0 Å². The van der Waals surface area contributed by atoms with E-state index >= 15 is 0 Å². The van der Waals surface area contributed by atoms with Gasteiger partial charge in [0.05, 0.1) is 5.52 Å². The number of Topliss-reactive ketones (excluding diaryl/α,β-unsaturated/α-hetero) is 1. The molecular formula is C14H9N3O3. The lowest BCUT2D eigenvalue weighted by Gasteiger charge is -1.99. The average Bonchev–Trinajstić information content (AvgIpc) is 2.87. The van der Waals surface area contributed by atoms with Crippen LogP contribution in [0.5, 0.6) is 0 Å². The fourth-order valence-corrected chi connectivity index (χ4v) is 1.98. The minimum Gasteiger partial charge on any atom is -0.475 e. The van der Waals surface area contributed by atoms with Gasteiger partial charge in [0.2, 0.25) is 0 Å².